The van der Waals surface area contributed by atoms with Crippen molar-refractivity contribution in [2.75, 3.05) is 0 Å². The third kappa shape index (κ3) is 2.43. The summed E-state index contributed by atoms with van der Waals surface area (Å²) in [6, 6.07) is 0. The number of nitrogens with zero attached hydrogens (tertiary/aromatic N) is 1. The molecular formula is C20H33N3S. The van der Waals surface area contributed by atoms with Crippen molar-refractivity contribution in [3.8, 4) is 0 Å². The molecule has 4 saturated carbocycles. The molecule has 0 aliphatic heterocycles. The molecule has 4 rings (SSSR count). The van der Waals surface area contributed by atoms with Gasteiger partial charge in [-0.25, -0.2) is 0 Å². The summed E-state index contributed by atoms with van der Waals surface area (Å²) in [6.07, 6.45) is 14.0. The molecule has 0 amide bonds. The number of rotatable bonds is 1. The van der Waals surface area contributed by atoms with Gasteiger partial charge in [-0.05, 0) is 92.7 Å². The van der Waals surface area contributed by atoms with Crippen molar-refractivity contribution in [2.24, 2.45) is 45.3 Å². The summed E-state index contributed by atoms with van der Waals surface area (Å²) in [5, 5.41) is 4.91. The Morgan fingerprint density at radius 2 is 1.92 bits per heavy atom. The van der Waals surface area contributed by atoms with E-state index in [1.807, 2.05) is 0 Å². The molecule has 0 radical (unpaired) electrons. The minimum absolute atomic E-state index is 0.275. The minimum Gasteiger partial charge on any atom is -0.375 e. The Morgan fingerprint density at radius 1 is 1.08 bits per heavy atom. The van der Waals surface area contributed by atoms with Crippen LogP contribution in [0.3, 0.4) is 0 Å². The van der Waals surface area contributed by atoms with Crippen molar-refractivity contribution < 1.29 is 0 Å². The fourth-order valence-electron chi connectivity index (χ4n) is 7.39. The normalized spacial score (nSPS) is 49.2. The van der Waals surface area contributed by atoms with E-state index in [4.69, 9.17) is 18.0 Å². The molecule has 0 bridgehead atoms. The average Bonchev–Trinajstić information content (AvgIpc) is 2.89. The quantitative estimate of drug-likeness (QED) is 0.538. The highest BCUT2D eigenvalue weighted by Gasteiger charge is 2.58. The molecule has 4 aliphatic rings. The summed E-state index contributed by atoms with van der Waals surface area (Å²) in [4.78, 5) is 0. The van der Waals surface area contributed by atoms with E-state index in [1.54, 1.807) is 0 Å². The summed E-state index contributed by atoms with van der Waals surface area (Å²) >= 11 is 4.94. The van der Waals surface area contributed by atoms with E-state index in [0.717, 1.165) is 30.1 Å². The first-order chi connectivity index (χ1) is 11.4. The summed E-state index contributed by atoms with van der Waals surface area (Å²) < 4.78 is 0. The maximum absolute atomic E-state index is 5.59. The highest BCUT2D eigenvalue weighted by Crippen LogP contribution is 2.65. The van der Waals surface area contributed by atoms with Crippen molar-refractivity contribution >= 4 is 23.0 Å². The van der Waals surface area contributed by atoms with Crippen LogP contribution in [0.5, 0.6) is 0 Å². The summed E-state index contributed by atoms with van der Waals surface area (Å²) in [7, 11) is 0. The van der Waals surface area contributed by atoms with Crippen LogP contribution < -0.4 is 11.2 Å². The Morgan fingerprint density at radius 3 is 2.71 bits per heavy atom. The molecule has 0 aromatic carbocycles. The van der Waals surface area contributed by atoms with E-state index in [1.165, 1.54) is 63.5 Å². The van der Waals surface area contributed by atoms with Crippen LogP contribution in [-0.2, 0) is 0 Å². The first kappa shape index (κ1) is 16.8. The maximum atomic E-state index is 5.59. The molecule has 6 atom stereocenters. The lowest BCUT2D eigenvalue weighted by Crippen LogP contribution is -2.52. The van der Waals surface area contributed by atoms with Crippen LogP contribution >= 0.6 is 12.2 Å². The van der Waals surface area contributed by atoms with Crippen LogP contribution in [0, 0.1) is 34.5 Å². The molecule has 24 heavy (non-hydrogen) atoms. The Hall–Kier alpha value is -0.640. The largest absolute Gasteiger partial charge is 0.375 e. The Balaban J connectivity index is 1.59. The highest BCUT2D eigenvalue weighted by molar-refractivity contribution is 7.80. The van der Waals surface area contributed by atoms with Crippen molar-refractivity contribution in [3.63, 3.8) is 0 Å². The summed E-state index contributed by atoms with van der Waals surface area (Å²) in [5.41, 5.74) is 10.7. The molecule has 3 N–H and O–H groups in total. The van der Waals surface area contributed by atoms with Gasteiger partial charge in [0, 0.05) is 11.1 Å². The molecule has 0 spiro atoms. The predicted octanol–water partition coefficient (Wildman–Crippen LogP) is 4.61. The third-order valence-corrected chi connectivity index (χ3v) is 8.72. The van der Waals surface area contributed by atoms with Gasteiger partial charge < -0.3 is 5.73 Å². The first-order valence-electron chi connectivity index (χ1n) is 10.1. The lowest BCUT2D eigenvalue weighted by atomic mass is 9.45. The molecule has 0 saturated heterocycles. The Kier molecular flexibility index (Phi) is 4.18. The number of thiocarbonyl (C=S) groups is 1. The molecule has 3 nitrogen and oxygen atoms in total. The predicted molar refractivity (Wildman–Crippen MR) is 104 cm³/mol. The molecule has 4 fully saturated rings. The number of hydrogen-bond donors (Lipinski definition) is 2. The summed E-state index contributed by atoms with van der Waals surface area (Å²) in [6.45, 7) is 5.12. The number of nitrogens with one attached hydrogen (secondary N) is 1. The van der Waals surface area contributed by atoms with E-state index >= 15 is 0 Å². The van der Waals surface area contributed by atoms with E-state index in [9.17, 15) is 0 Å². The van der Waals surface area contributed by atoms with Gasteiger partial charge in [0.2, 0.25) is 0 Å². The molecule has 0 aromatic rings. The second kappa shape index (κ2) is 5.96. The van der Waals surface area contributed by atoms with Crippen LogP contribution in [0.2, 0.25) is 0 Å². The van der Waals surface area contributed by atoms with Gasteiger partial charge in [-0.1, -0.05) is 26.7 Å². The second-order valence-corrected chi connectivity index (χ2v) is 9.87. The fraction of sp³-hybridized carbons (Fsp3) is 0.900. The Labute approximate surface area is 152 Å². The van der Waals surface area contributed by atoms with Gasteiger partial charge in [0.05, 0.1) is 0 Å². The fourth-order valence-corrected chi connectivity index (χ4v) is 7.44. The van der Waals surface area contributed by atoms with Crippen LogP contribution in [0.15, 0.2) is 5.10 Å². The molecule has 6 unspecified atom stereocenters. The smallest absolute Gasteiger partial charge is 0.184 e. The lowest BCUT2D eigenvalue weighted by Gasteiger charge is -2.59. The van der Waals surface area contributed by atoms with Crippen LogP contribution in [0.1, 0.15) is 78.1 Å². The summed E-state index contributed by atoms with van der Waals surface area (Å²) in [5.74, 6) is 3.70. The Bertz CT molecular complexity index is 559. The molecule has 134 valence electrons. The van der Waals surface area contributed by atoms with E-state index < -0.39 is 0 Å². The first-order valence-corrected chi connectivity index (χ1v) is 10.5. The minimum atomic E-state index is 0.275. The maximum Gasteiger partial charge on any atom is 0.184 e. The van der Waals surface area contributed by atoms with E-state index in [0.29, 0.717) is 10.5 Å². The molecule has 0 heterocycles. The zero-order valence-corrected chi connectivity index (χ0v) is 16.1. The molecular weight excluding hydrogens is 314 g/mol. The van der Waals surface area contributed by atoms with Gasteiger partial charge in [0.15, 0.2) is 5.11 Å². The standard InChI is InChI=1S/C20H33N3S/c1-19-11-4-3-5-13(19)6-7-14-15-8-9-17(22-23-18(21)24)20(15,2)12-10-16(14)19/h13-16H,3-12H2,1-2H3,(H3,21,23,24). The molecule has 4 heteroatoms. The van der Waals surface area contributed by atoms with Crippen molar-refractivity contribution in [1.82, 2.24) is 5.43 Å². The molecule has 4 aliphatic carbocycles. The van der Waals surface area contributed by atoms with Crippen molar-refractivity contribution in [1.29, 1.82) is 0 Å². The zero-order chi connectivity index (χ0) is 16.9. The number of fused-ring (bicyclic) bond motifs is 5. The number of nitrogens with two attached hydrogens (primary N) is 1. The monoisotopic (exact) mass is 347 g/mol. The van der Waals surface area contributed by atoms with Gasteiger partial charge in [0.25, 0.3) is 0 Å². The van der Waals surface area contributed by atoms with E-state index in [-0.39, 0.29) is 5.41 Å². The van der Waals surface area contributed by atoms with E-state index in [2.05, 4.69) is 24.4 Å². The number of hydrazone groups is 1. The highest BCUT2D eigenvalue weighted by atomic mass is 32.1. The van der Waals surface area contributed by atoms with Gasteiger partial charge in [0.1, 0.15) is 0 Å². The van der Waals surface area contributed by atoms with Crippen LogP contribution in [0.4, 0.5) is 0 Å². The topological polar surface area (TPSA) is 50.4 Å². The lowest BCUT2D eigenvalue weighted by molar-refractivity contribution is -0.0936. The number of hydrogen-bond acceptors (Lipinski definition) is 2. The van der Waals surface area contributed by atoms with Crippen molar-refractivity contribution in [2.45, 2.75) is 78.1 Å². The van der Waals surface area contributed by atoms with Gasteiger partial charge >= 0.3 is 0 Å². The molecule has 0 aromatic heterocycles. The van der Waals surface area contributed by atoms with Crippen molar-refractivity contribution in [3.05, 3.63) is 0 Å². The van der Waals surface area contributed by atoms with Gasteiger partial charge in [-0.15, -0.1) is 0 Å². The SMILES string of the molecule is CC12CCC3C(CCC4CCCCC43C)C1CCC2=NNC(N)=S. The third-order valence-electron chi connectivity index (χ3n) is 8.63. The average molecular weight is 348 g/mol. The zero-order valence-electron chi connectivity index (χ0n) is 15.3. The van der Waals surface area contributed by atoms with Gasteiger partial charge in [-0.2, -0.15) is 5.10 Å². The van der Waals surface area contributed by atoms with Crippen LogP contribution in [0.25, 0.3) is 0 Å². The van der Waals surface area contributed by atoms with Crippen LogP contribution in [-0.4, -0.2) is 10.8 Å². The second-order valence-electron chi connectivity index (χ2n) is 9.43. The van der Waals surface area contributed by atoms with Gasteiger partial charge in [-0.3, -0.25) is 5.43 Å².